The molecule has 1 heterocycles. The molecule has 4 atom stereocenters. The van der Waals surface area contributed by atoms with Crippen LogP contribution in [-0.2, 0) is 20.8 Å². The van der Waals surface area contributed by atoms with Gasteiger partial charge in [0.05, 0.1) is 33.0 Å². The fraction of sp³-hybridized carbons (Fsp3) is 0.433. The number of phenols is 1. The van der Waals surface area contributed by atoms with E-state index in [9.17, 15) is 20.1 Å². The SMILES string of the molecule is COc1ccc(COC(/C=C\C[C@@H](C)O)[C@H]2OC(C)(C)O[C@H]2C/C=C/c2cc(OC)cc(O)c2C(=O)O)cc1. The van der Waals surface area contributed by atoms with Crippen LogP contribution in [0.25, 0.3) is 6.08 Å². The van der Waals surface area contributed by atoms with Gasteiger partial charge < -0.3 is 39.0 Å². The van der Waals surface area contributed by atoms with Crippen molar-refractivity contribution in [3.05, 3.63) is 71.3 Å². The standard InChI is InChI=1S/C30H38O9/c1-19(31)8-6-10-25(37-18-20-12-14-22(35-4)15-13-20)28-26(38-30(2,3)39-28)11-7-9-21-16-23(36-5)17-24(32)27(21)29(33)34/h6-7,9-10,12-17,19,25-26,28,31-32H,8,11,18H2,1-5H3,(H,33,34)/b9-7+,10-6-/t19-,25?,26+,28-/m1/s1. The summed E-state index contributed by atoms with van der Waals surface area (Å²) in [5, 5.41) is 29.5. The maximum atomic E-state index is 11.7. The molecule has 0 radical (unpaired) electrons. The van der Waals surface area contributed by atoms with Gasteiger partial charge >= 0.3 is 5.97 Å². The van der Waals surface area contributed by atoms with Crippen molar-refractivity contribution in [1.82, 2.24) is 0 Å². The zero-order chi connectivity index (χ0) is 28.6. The third kappa shape index (κ3) is 8.56. The van der Waals surface area contributed by atoms with Gasteiger partial charge in [0, 0.05) is 6.07 Å². The Morgan fingerprint density at radius 2 is 1.77 bits per heavy atom. The number of hydrogen-bond donors (Lipinski definition) is 3. The smallest absolute Gasteiger partial charge is 0.340 e. The van der Waals surface area contributed by atoms with Gasteiger partial charge in [-0.05, 0) is 62.9 Å². The van der Waals surface area contributed by atoms with E-state index in [1.165, 1.54) is 13.2 Å². The summed E-state index contributed by atoms with van der Waals surface area (Å²) in [6.07, 6.45) is 6.11. The van der Waals surface area contributed by atoms with Crippen LogP contribution in [0.4, 0.5) is 0 Å². The maximum absolute atomic E-state index is 11.7. The van der Waals surface area contributed by atoms with Crippen molar-refractivity contribution in [2.24, 2.45) is 0 Å². The molecule has 0 aromatic heterocycles. The molecule has 0 saturated carbocycles. The molecule has 1 fully saturated rings. The summed E-state index contributed by atoms with van der Waals surface area (Å²) in [4.78, 5) is 11.7. The molecule has 39 heavy (non-hydrogen) atoms. The van der Waals surface area contributed by atoms with Crippen LogP contribution in [0.15, 0.2) is 54.6 Å². The molecule has 0 bridgehead atoms. The molecule has 1 aliphatic heterocycles. The molecule has 1 unspecified atom stereocenters. The zero-order valence-corrected chi connectivity index (χ0v) is 23.0. The summed E-state index contributed by atoms with van der Waals surface area (Å²) < 4.78 is 29.1. The average Bonchev–Trinajstić information content (AvgIpc) is 3.19. The number of rotatable bonds is 13. The van der Waals surface area contributed by atoms with Crippen LogP contribution in [0.1, 0.15) is 55.1 Å². The Morgan fingerprint density at radius 1 is 1.08 bits per heavy atom. The quantitative estimate of drug-likeness (QED) is 0.302. The highest BCUT2D eigenvalue weighted by Crippen LogP contribution is 2.35. The lowest BCUT2D eigenvalue weighted by Crippen LogP contribution is -2.36. The van der Waals surface area contributed by atoms with E-state index in [2.05, 4.69) is 0 Å². The Labute approximate surface area is 229 Å². The van der Waals surface area contributed by atoms with Crippen LogP contribution >= 0.6 is 0 Å². The van der Waals surface area contributed by atoms with Crippen LogP contribution in [0.3, 0.4) is 0 Å². The van der Waals surface area contributed by atoms with Crippen molar-refractivity contribution in [1.29, 1.82) is 0 Å². The minimum absolute atomic E-state index is 0.214. The first kappa shape index (κ1) is 30.2. The van der Waals surface area contributed by atoms with Crippen molar-refractivity contribution in [2.75, 3.05) is 14.2 Å². The Hall–Kier alpha value is -3.37. The van der Waals surface area contributed by atoms with Crippen LogP contribution in [0.5, 0.6) is 17.2 Å². The fourth-order valence-corrected chi connectivity index (χ4v) is 4.34. The molecule has 1 aliphatic rings. The Morgan fingerprint density at radius 3 is 2.38 bits per heavy atom. The Kier molecular flexibility index (Phi) is 10.5. The molecule has 0 amide bonds. The number of methoxy groups -OCH3 is 2. The summed E-state index contributed by atoms with van der Waals surface area (Å²) >= 11 is 0. The second-order valence-electron chi connectivity index (χ2n) is 9.83. The van der Waals surface area contributed by atoms with Crippen molar-refractivity contribution in [3.63, 3.8) is 0 Å². The molecule has 212 valence electrons. The molecular weight excluding hydrogens is 504 g/mol. The molecule has 9 nitrogen and oxygen atoms in total. The fourth-order valence-electron chi connectivity index (χ4n) is 4.34. The van der Waals surface area contributed by atoms with Gasteiger partial charge in [-0.15, -0.1) is 0 Å². The van der Waals surface area contributed by atoms with Gasteiger partial charge in [-0.2, -0.15) is 0 Å². The number of aliphatic hydroxyl groups excluding tert-OH is 1. The lowest BCUT2D eigenvalue weighted by molar-refractivity contribution is -0.156. The van der Waals surface area contributed by atoms with Crippen LogP contribution < -0.4 is 9.47 Å². The topological polar surface area (TPSA) is 124 Å². The molecule has 1 saturated heterocycles. The third-order valence-electron chi connectivity index (χ3n) is 6.19. The summed E-state index contributed by atoms with van der Waals surface area (Å²) in [5.74, 6) is -1.40. The number of ether oxygens (including phenoxy) is 5. The van der Waals surface area contributed by atoms with E-state index in [0.717, 1.165) is 11.3 Å². The van der Waals surface area contributed by atoms with Gasteiger partial charge in [0.15, 0.2) is 5.79 Å². The lowest BCUT2D eigenvalue weighted by Gasteiger charge is -2.24. The normalized spacial score (nSPS) is 20.4. The van der Waals surface area contributed by atoms with Gasteiger partial charge in [0.2, 0.25) is 0 Å². The number of carbonyl (C=O) groups is 1. The molecule has 3 rings (SSSR count). The molecule has 0 spiro atoms. The summed E-state index contributed by atoms with van der Waals surface area (Å²) in [6, 6.07) is 10.4. The molecule has 3 N–H and O–H groups in total. The second-order valence-corrected chi connectivity index (χ2v) is 9.83. The molecule has 9 heteroatoms. The van der Waals surface area contributed by atoms with Crippen LogP contribution in [0, 0.1) is 0 Å². The summed E-state index contributed by atoms with van der Waals surface area (Å²) in [6.45, 7) is 5.69. The van der Waals surface area contributed by atoms with Gasteiger partial charge in [-0.1, -0.05) is 36.4 Å². The van der Waals surface area contributed by atoms with Crippen molar-refractivity contribution >= 4 is 12.0 Å². The largest absolute Gasteiger partial charge is 0.507 e. The van der Waals surface area contributed by atoms with Crippen molar-refractivity contribution < 1.29 is 43.8 Å². The van der Waals surface area contributed by atoms with Gasteiger partial charge in [0.25, 0.3) is 0 Å². The molecule has 0 aliphatic carbocycles. The van der Waals surface area contributed by atoms with Crippen molar-refractivity contribution in [2.45, 2.75) is 70.4 Å². The third-order valence-corrected chi connectivity index (χ3v) is 6.19. The number of aromatic hydroxyl groups is 1. The van der Waals surface area contributed by atoms with E-state index >= 15 is 0 Å². The number of aromatic carboxylic acids is 1. The highest BCUT2D eigenvalue weighted by Gasteiger charge is 2.44. The highest BCUT2D eigenvalue weighted by molar-refractivity contribution is 5.95. The predicted octanol–water partition coefficient (Wildman–Crippen LogP) is 4.94. The number of aliphatic hydroxyl groups is 1. The van der Waals surface area contributed by atoms with Crippen LogP contribution in [0.2, 0.25) is 0 Å². The second kappa shape index (κ2) is 13.6. The van der Waals surface area contributed by atoms with Crippen LogP contribution in [-0.4, -0.2) is 65.7 Å². The predicted molar refractivity (Wildman–Crippen MR) is 146 cm³/mol. The molecule has 2 aromatic carbocycles. The first-order valence-electron chi connectivity index (χ1n) is 12.8. The summed E-state index contributed by atoms with van der Waals surface area (Å²) in [7, 11) is 3.05. The van der Waals surface area contributed by atoms with E-state index in [4.69, 9.17) is 23.7 Å². The molecular formula is C30H38O9. The minimum atomic E-state index is -1.25. The van der Waals surface area contributed by atoms with E-state index in [1.54, 1.807) is 32.3 Å². The highest BCUT2D eigenvalue weighted by atomic mass is 16.8. The zero-order valence-electron chi connectivity index (χ0n) is 23.0. The first-order chi connectivity index (χ1) is 18.5. The Balaban J connectivity index is 1.82. The van der Waals surface area contributed by atoms with E-state index in [-0.39, 0.29) is 11.3 Å². The number of benzene rings is 2. The van der Waals surface area contributed by atoms with Gasteiger partial charge in [-0.25, -0.2) is 4.79 Å². The number of carboxylic acid groups (broad SMARTS) is 1. The van der Waals surface area contributed by atoms with Gasteiger partial charge in [0.1, 0.15) is 35.0 Å². The number of hydrogen-bond acceptors (Lipinski definition) is 8. The first-order valence-corrected chi connectivity index (χ1v) is 12.8. The summed E-state index contributed by atoms with van der Waals surface area (Å²) in [5.41, 5.74) is 1.05. The Bertz CT molecular complexity index is 1150. The van der Waals surface area contributed by atoms with E-state index in [1.807, 2.05) is 50.3 Å². The lowest BCUT2D eigenvalue weighted by atomic mass is 10.0. The molecule has 2 aromatic rings. The van der Waals surface area contributed by atoms with E-state index < -0.39 is 36.2 Å². The van der Waals surface area contributed by atoms with Crippen molar-refractivity contribution in [3.8, 4) is 17.2 Å². The van der Waals surface area contributed by atoms with Gasteiger partial charge in [-0.3, -0.25) is 0 Å². The van der Waals surface area contributed by atoms with E-state index in [0.29, 0.717) is 30.8 Å². The maximum Gasteiger partial charge on any atom is 0.340 e. The minimum Gasteiger partial charge on any atom is -0.507 e. The number of carboxylic acids is 1. The monoisotopic (exact) mass is 542 g/mol. The average molecular weight is 543 g/mol.